The van der Waals surface area contributed by atoms with Crippen molar-refractivity contribution < 1.29 is 9.47 Å². The van der Waals surface area contributed by atoms with Gasteiger partial charge in [0.25, 0.3) is 0 Å². The summed E-state index contributed by atoms with van der Waals surface area (Å²) in [6, 6.07) is 18.2. The Morgan fingerprint density at radius 3 is 2.47 bits per heavy atom. The van der Waals surface area contributed by atoms with Crippen LogP contribution in [0.2, 0.25) is 15.1 Å². The van der Waals surface area contributed by atoms with Crippen LogP contribution in [0.4, 0.5) is 0 Å². The zero-order valence-corrected chi connectivity index (χ0v) is 19.6. The molecule has 3 aromatic rings. The average Bonchev–Trinajstić information content (AvgIpc) is 2.73. The summed E-state index contributed by atoms with van der Waals surface area (Å²) in [6.45, 7) is 0.247. The first-order chi connectivity index (χ1) is 14.4. The van der Waals surface area contributed by atoms with Crippen LogP contribution in [0.1, 0.15) is 16.7 Å². The molecule has 0 saturated heterocycles. The number of methoxy groups -OCH3 is 1. The van der Waals surface area contributed by atoms with Crippen LogP contribution in [0.5, 0.6) is 11.5 Å². The van der Waals surface area contributed by atoms with Gasteiger partial charge in [-0.05, 0) is 42.0 Å². The summed E-state index contributed by atoms with van der Waals surface area (Å²) in [7, 11) is 1.55. The number of nitriles is 1. The van der Waals surface area contributed by atoms with E-state index in [0.29, 0.717) is 37.7 Å². The lowest BCUT2D eigenvalue weighted by atomic mass is 10.0. The third-order valence-corrected chi connectivity index (χ3v) is 5.87. The number of benzene rings is 3. The SMILES string of the molecule is COc1cc(C=C(C#N)c2ccccc2Cl)c(Br)cc1OCc1ccc(Cl)cc1Cl. The number of halogens is 4. The Bertz CT molecular complexity index is 1160. The van der Waals surface area contributed by atoms with Crippen LogP contribution in [0.15, 0.2) is 59.1 Å². The predicted octanol–water partition coefficient (Wildman–Crippen LogP) is 8.06. The molecule has 3 aromatic carbocycles. The molecule has 3 rings (SSSR count). The monoisotopic (exact) mass is 521 g/mol. The van der Waals surface area contributed by atoms with Crippen LogP contribution >= 0.6 is 50.7 Å². The molecule has 0 aliphatic heterocycles. The van der Waals surface area contributed by atoms with Gasteiger partial charge in [0.2, 0.25) is 0 Å². The number of hydrogen-bond donors (Lipinski definition) is 0. The highest BCUT2D eigenvalue weighted by molar-refractivity contribution is 9.10. The number of allylic oxidation sites excluding steroid dienone is 1. The molecule has 0 heterocycles. The van der Waals surface area contributed by atoms with E-state index in [4.69, 9.17) is 44.3 Å². The molecule has 0 atom stereocenters. The smallest absolute Gasteiger partial charge is 0.162 e. The van der Waals surface area contributed by atoms with E-state index >= 15 is 0 Å². The predicted molar refractivity (Wildman–Crippen MR) is 126 cm³/mol. The lowest BCUT2D eigenvalue weighted by molar-refractivity contribution is 0.284. The van der Waals surface area contributed by atoms with Gasteiger partial charge in [-0.2, -0.15) is 5.26 Å². The molecule has 0 unspecified atom stereocenters. The van der Waals surface area contributed by atoms with Gasteiger partial charge in [-0.1, -0.05) is 75.0 Å². The van der Waals surface area contributed by atoms with Crippen molar-refractivity contribution in [3.8, 4) is 17.6 Å². The lowest BCUT2D eigenvalue weighted by Gasteiger charge is -2.14. The van der Waals surface area contributed by atoms with E-state index in [9.17, 15) is 5.26 Å². The maximum atomic E-state index is 9.62. The second-order valence-corrected chi connectivity index (χ2v) is 8.30. The van der Waals surface area contributed by atoms with Gasteiger partial charge in [0.15, 0.2) is 11.5 Å². The third kappa shape index (κ3) is 5.30. The number of nitrogens with zero attached hydrogens (tertiary/aromatic N) is 1. The fourth-order valence-electron chi connectivity index (χ4n) is 2.73. The van der Waals surface area contributed by atoms with Gasteiger partial charge in [0, 0.05) is 30.7 Å². The highest BCUT2D eigenvalue weighted by Gasteiger charge is 2.13. The van der Waals surface area contributed by atoms with Crippen LogP contribution in [0, 0.1) is 11.3 Å². The molecule has 0 bridgehead atoms. The van der Waals surface area contributed by atoms with Crippen molar-refractivity contribution in [1.82, 2.24) is 0 Å². The largest absolute Gasteiger partial charge is 0.493 e. The number of ether oxygens (including phenoxy) is 2. The van der Waals surface area contributed by atoms with Gasteiger partial charge in [-0.15, -0.1) is 0 Å². The van der Waals surface area contributed by atoms with Crippen molar-refractivity contribution in [2.75, 3.05) is 7.11 Å². The average molecular weight is 524 g/mol. The molecule has 7 heteroatoms. The Morgan fingerprint density at radius 1 is 1.03 bits per heavy atom. The van der Waals surface area contributed by atoms with E-state index in [-0.39, 0.29) is 6.61 Å². The standard InChI is InChI=1S/C23H15BrCl3NO2/c1-29-22-9-15(8-16(12-28)18-4-2-3-5-20(18)26)19(24)11-23(22)30-13-14-6-7-17(25)10-21(14)27/h2-11H,13H2,1H3. The summed E-state index contributed by atoms with van der Waals surface area (Å²) in [4.78, 5) is 0. The van der Waals surface area contributed by atoms with Crippen molar-refractivity contribution in [2.24, 2.45) is 0 Å². The summed E-state index contributed by atoms with van der Waals surface area (Å²) in [5, 5.41) is 11.2. The first-order valence-corrected chi connectivity index (χ1v) is 10.7. The number of rotatable bonds is 6. The Morgan fingerprint density at radius 2 is 1.80 bits per heavy atom. The number of hydrogen-bond acceptors (Lipinski definition) is 3. The zero-order valence-electron chi connectivity index (χ0n) is 15.8. The van der Waals surface area contributed by atoms with Gasteiger partial charge < -0.3 is 9.47 Å². The Kier molecular flexibility index (Phi) is 7.69. The van der Waals surface area contributed by atoms with Crippen LogP contribution in [-0.4, -0.2) is 7.11 Å². The summed E-state index contributed by atoms with van der Waals surface area (Å²) in [5.74, 6) is 1.05. The molecule has 30 heavy (non-hydrogen) atoms. The highest BCUT2D eigenvalue weighted by Crippen LogP contribution is 2.37. The zero-order chi connectivity index (χ0) is 21.7. The quantitative estimate of drug-likeness (QED) is 0.242. The minimum Gasteiger partial charge on any atom is -0.493 e. The molecule has 152 valence electrons. The van der Waals surface area contributed by atoms with E-state index in [1.54, 1.807) is 49.6 Å². The van der Waals surface area contributed by atoms with Crippen LogP contribution in [0.3, 0.4) is 0 Å². The Balaban J connectivity index is 1.92. The van der Waals surface area contributed by atoms with Gasteiger partial charge >= 0.3 is 0 Å². The van der Waals surface area contributed by atoms with Crippen LogP contribution in [-0.2, 0) is 6.61 Å². The second kappa shape index (κ2) is 10.2. The molecule has 0 aliphatic rings. The van der Waals surface area contributed by atoms with Crippen molar-refractivity contribution in [2.45, 2.75) is 6.61 Å². The molecule has 0 aliphatic carbocycles. The topological polar surface area (TPSA) is 42.2 Å². The van der Waals surface area contributed by atoms with E-state index in [1.807, 2.05) is 18.2 Å². The molecule has 0 amide bonds. The molecular weight excluding hydrogens is 509 g/mol. The van der Waals surface area contributed by atoms with Crippen molar-refractivity contribution in [1.29, 1.82) is 5.26 Å². The lowest BCUT2D eigenvalue weighted by Crippen LogP contribution is -1.99. The van der Waals surface area contributed by atoms with Gasteiger partial charge in [0.05, 0.1) is 18.8 Å². The summed E-state index contributed by atoms with van der Waals surface area (Å²) >= 11 is 21.9. The molecule has 0 fully saturated rings. The van der Waals surface area contributed by atoms with Crippen LogP contribution < -0.4 is 9.47 Å². The van der Waals surface area contributed by atoms with Crippen molar-refractivity contribution in [3.63, 3.8) is 0 Å². The Labute approximate surface area is 198 Å². The summed E-state index contributed by atoms with van der Waals surface area (Å²) in [5.41, 5.74) is 2.64. The van der Waals surface area contributed by atoms with Gasteiger partial charge in [-0.25, -0.2) is 0 Å². The maximum Gasteiger partial charge on any atom is 0.162 e. The summed E-state index contributed by atoms with van der Waals surface area (Å²) in [6.07, 6.45) is 1.74. The molecule has 0 spiro atoms. The fourth-order valence-corrected chi connectivity index (χ4v) is 3.87. The molecule has 0 radical (unpaired) electrons. The molecule has 0 N–H and O–H groups in total. The van der Waals surface area contributed by atoms with E-state index < -0.39 is 0 Å². The molecule has 0 saturated carbocycles. The Hall–Kier alpha value is -2.16. The molecular formula is C23H15BrCl3NO2. The highest BCUT2D eigenvalue weighted by atomic mass is 79.9. The van der Waals surface area contributed by atoms with Crippen molar-refractivity contribution >= 4 is 62.4 Å². The minimum absolute atomic E-state index is 0.247. The van der Waals surface area contributed by atoms with Gasteiger partial charge in [0.1, 0.15) is 6.61 Å². The first-order valence-electron chi connectivity index (χ1n) is 8.74. The second-order valence-electron chi connectivity index (χ2n) is 6.20. The van der Waals surface area contributed by atoms with E-state index in [2.05, 4.69) is 22.0 Å². The van der Waals surface area contributed by atoms with Crippen LogP contribution in [0.25, 0.3) is 11.6 Å². The maximum absolute atomic E-state index is 9.62. The summed E-state index contributed by atoms with van der Waals surface area (Å²) < 4.78 is 12.1. The molecule has 3 nitrogen and oxygen atoms in total. The third-order valence-electron chi connectivity index (χ3n) is 4.27. The molecule has 0 aromatic heterocycles. The normalized spacial score (nSPS) is 11.1. The van der Waals surface area contributed by atoms with Crippen molar-refractivity contribution in [3.05, 3.63) is 90.8 Å². The minimum atomic E-state index is 0.247. The van der Waals surface area contributed by atoms with E-state index in [0.717, 1.165) is 15.6 Å². The van der Waals surface area contributed by atoms with E-state index in [1.165, 1.54) is 0 Å². The first kappa shape index (κ1) is 22.5. The van der Waals surface area contributed by atoms with Gasteiger partial charge in [-0.3, -0.25) is 0 Å². The fraction of sp³-hybridized carbons (Fsp3) is 0.0870.